The van der Waals surface area contributed by atoms with Gasteiger partial charge >= 0.3 is 17.9 Å². The Bertz CT molecular complexity index is 1530. The SMILES string of the molecule is CC\C=C/C=C\C=C/C=C\C=C\C=C/C=C\CCCCCC(=O)OCC(COC(=O)C/C=C\C/C=C\C/C=C\CC)OC(=O)CCCCC/C=C\C/C=C\C/C=C\C/C=C\CC. The summed E-state index contributed by atoms with van der Waals surface area (Å²) in [6.07, 6.45) is 72.2. The molecule has 1 unspecified atom stereocenters. The fraction of sp³-hybridized carbons (Fsp3) is 0.446. The van der Waals surface area contributed by atoms with Crippen molar-refractivity contribution in [1.29, 1.82) is 0 Å². The Kier molecular flexibility index (Phi) is 44.4. The first kappa shape index (κ1) is 56.8. The highest BCUT2D eigenvalue weighted by molar-refractivity contribution is 5.72. The van der Waals surface area contributed by atoms with Crippen molar-refractivity contribution in [3.8, 4) is 0 Å². The molecule has 0 saturated heterocycles. The van der Waals surface area contributed by atoms with Gasteiger partial charge in [-0.1, -0.05) is 204 Å². The maximum absolute atomic E-state index is 12.7. The van der Waals surface area contributed by atoms with Gasteiger partial charge < -0.3 is 14.2 Å². The second-order valence-corrected chi connectivity index (χ2v) is 14.4. The molecule has 0 saturated carbocycles. The molecular formula is C56H80O6. The lowest BCUT2D eigenvalue weighted by atomic mass is 10.1. The summed E-state index contributed by atoms with van der Waals surface area (Å²) in [7, 11) is 0. The summed E-state index contributed by atoms with van der Waals surface area (Å²) in [5.74, 6) is -1.17. The highest BCUT2D eigenvalue weighted by Crippen LogP contribution is 2.10. The molecule has 6 heteroatoms. The molecule has 0 spiro atoms. The quantitative estimate of drug-likeness (QED) is 0.0202. The first-order valence-corrected chi connectivity index (χ1v) is 23.2. The number of hydrogen-bond donors (Lipinski definition) is 0. The fourth-order valence-electron chi connectivity index (χ4n) is 5.30. The van der Waals surface area contributed by atoms with Crippen molar-refractivity contribution in [3.05, 3.63) is 170 Å². The van der Waals surface area contributed by atoms with Crippen molar-refractivity contribution in [1.82, 2.24) is 0 Å². The number of unbranched alkanes of at least 4 members (excludes halogenated alkanes) is 6. The molecule has 0 radical (unpaired) electrons. The molecule has 1 atom stereocenters. The van der Waals surface area contributed by atoms with Crippen molar-refractivity contribution in [2.75, 3.05) is 13.2 Å². The Morgan fingerprint density at radius 1 is 0.355 bits per heavy atom. The Balaban J connectivity index is 4.62. The van der Waals surface area contributed by atoms with E-state index in [2.05, 4.69) is 106 Å². The number of rotatable bonds is 38. The second kappa shape index (κ2) is 48.4. The van der Waals surface area contributed by atoms with Crippen LogP contribution < -0.4 is 0 Å². The monoisotopic (exact) mass is 849 g/mol. The van der Waals surface area contributed by atoms with Crippen molar-refractivity contribution in [2.24, 2.45) is 0 Å². The number of allylic oxidation sites excluding steroid dienone is 27. The summed E-state index contributed by atoms with van der Waals surface area (Å²) in [4.78, 5) is 37.7. The molecule has 6 nitrogen and oxygen atoms in total. The van der Waals surface area contributed by atoms with E-state index in [1.54, 1.807) is 6.08 Å². The number of hydrogen-bond acceptors (Lipinski definition) is 6. The normalized spacial score (nSPS) is 13.7. The first-order chi connectivity index (χ1) is 30.5. The molecule has 0 bridgehead atoms. The van der Waals surface area contributed by atoms with Crippen molar-refractivity contribution in [3.63, 3.8) is 0 Å². The molecule has 0 aliphatic carbocycles. The van der Waals surface area contributed by atoms with Crippen LogP contribution in [0.15, 0.2) is 170 Å². The van der Waals surface area contributed by atoms with E-state index in [4.69, 9.17) is 14.2 Å². The van der Waals surface area contributed by atoms with Gasteiger partial charge in [0.2, 0.25) is 0 Å². The summed E-state index contributed by atoms with van der Waals surface area (Å²) in [6, 6.07) is 0. The average molecular weight is 849 g/mol. The predicted molar refractivity (Wildman–Crippen MR) is 265 cm³/mol. The molecule has 0 aliphatic rings. The topological polar surface area (TPSA) is 78.9 Å². The second-order valence-electron chi connectivity index (χ2n) is 14.4. The highest BCUT2D eigenvalue weighted by atomic mass is 16.6. The molecular weight excluding hydrogens is 769 g/mol. The van der Waals surface area contributed by atoms with Crippen LogP contribution in [0.5, 0.6) is 0 Å². The Morgan fingerprint density at radius 3 is 1.21 bits per heavy atom. The minimum atomic E-state index is -0.857. The maximum atomic E-state index is 12.7. The van der Waals surface area contributed by atoms with Crippen molar-refractivity contribution < 1.29 is 28.6 Å². The number of ether oxygens (including phenoxy) is 3. The summed E-state index contributed by atoms with van der Waals surface area (Å²) >= 11 is 0. The van der Waals surface area contributed by atoms with Gasteiger partial charge in [-0.25, -0.2) is 0 Å². The van der Waals surface area contributed by atoms with Gasteiger partial charge in [0.25, 0.3) is 0 Å². The summed E-state index contributed by atoms with van der Waals surface area (Å²) in [5, 5.41) is 0. The standard InChI is InChI=1S/C56H80O6/c1-4-7-10-13-16-19-21-23-25-27-28-29-31-32-34-37-40-43-46-49-55(58)61-52-53(51-60-54(57)48-45-42-39-36-18-15-12-9-6-3)62-56(59)50-47-44-41-38-35-33-30-26-24-22-20-17-14-11-8-5-2/h7-13,16-21,23-29,31-36,42,45,53H,4-6,14-15,22,30,37-41,43-44,46-52H2,1-3H3/b10-7-,11-8-,12-9-,16-13-,20-17-,21-19-,25-23-,26-24-,28-27+,31-29-,34-32-,35-33-,36-18-,45-42-. The lowest BCUT2D eigenvalue weighted by Crippen LogP contribution is -2.30. The van der Waals surface area contributed by atoms with E-state index in [-0.39, 0.29) is 44.4 Å². The lowest BCUT2D eigenvalue weighted by molar-refractivity contribution is -0.166. The zero-order valence-corrected chi connectivity index (χ0v) is 38.5. The zero-order valence-electron chi connectivity index (χ0n) is 38.5. The smallest absolute Gasteiger partial charge is 0.309 e. The van der Waals surface area contributed by atoms with E-state index in [9.17, 15) is 14.4 Å². The average Bonchev–Trinajstić information content (AvgIpc) is 3.27. The van der Waals surface area contributed by atoms with E-state index < -0.39 is 12.1 Å². The van der Waals surface area contributed by atoms with Gasteiger partial charge in [0.1, 0.15) is 13.2 Å². The van der Waals surface area contributed by atoms with Crippen LogP contribution >= 0.6 is 0 Å². The molecule has 340 valence electrons. The number of carbonyl (C=O) groups is 3. The summed E-state index contributed by atoms with van der Waals surface area (Å²) < 4.78 is 16.5. The van der Waals surface area contributed by atoms with Gasteiger partial charge in [0, 0.05) is 12.8 Å². The van der Waals surface area contributed by atoms with E-state index in [1.807, 2.05) is 79.0 Å². The molecule has 0 aliphatic heterocycles. The van der Waals surface area contributed by atoms with E-state index in [0.717, 1.165) is 89.9 Å². The van der Waals surface area contributed by atoms with Crippen LogP contribution in [-0.2, 0) is 28.6 Å². The fourth-order valence-corrected chi connectivity index (χ4v) is 5.30. The molecule has 0 aromatic rings. The van der Waals surface area contributed by atoms with Crippen molar-refractivity contribution >= 4 is 17.9 Å². The molecule has 0 amide bonds. The Labute approximate surface area is 377 Å². The largest absolute Gasteiger partial charge is 0.462 e. The van der Waals surface area contributed by atoms with Crippen LogP contribution in [0.1, 0.15) is 143 Å². The first-order valence-electron chi connectivity index (χ1n) is 23.2. The maximum Gasteiger partial charge on any atom is 0.309 e. The van der Waals surface area contributed by atoms with Crippen LogP contribution in [0.3, 0.4) is 0 Å². The van der Waals surface area contributed by atoms with Crippen LogP contribution in [0.25, 0.3) is 0 Å². The Hall–Kier alpha value is -5.23. The van der Waals surface area contributed by atoms with Crippen LogP contribution in [-0.4, -0.2) is 37.2 Å². The van der Waals surface area contributed by atoms with Crippen LogP contribution in [0.4, 0.5) is 0 Å². The molecule has 0 rings (SSSR count). The molecule has 0 aromatic carbocycles. The van der Waals surface area contributed by atoms with E-state index in [0.29, 0.717) is 12.8 Å². The third-order valence-corrected chi connectivity index (χ3v) is 8.68. The highest BCUT2D eigenvalue weighted by Gasteiger charge is 2.19. The number of esters is 3. The van der Waals surface area contributed by atoms with E-state index in [1.165, 1.54) is 0 Å². The molecule has 0 aromatic heterocycles. The number of carbonyl (C=O) groups excluding carboxylic acids is 3. The third-order valence-electron chi connectivity index (χ3n) is 8.68. The van der Waals surface area contributed by atoms with Crippen LogP contribution in [0.2, 0.25) is 0 Å². The van der Waals surface area contributed by atoms with E-state index >= 15 is 0 Å². The van der Waals surface area contributed by atoms with Gasteiger partial charge in [-0.15, -0.1) is 0 Å². The van der Waals surface area contributed by atoms with Crippen LogP contribution in [0, 0.1) is 0 Å². The van der Waals surface area contributed by atoms with Gasteiger partial charge in [-0.05, 0) is 89.9 Å². The van der Waals surface area contributed by atoms with Gasteiger partial charge in [-0.2, -0.15) is 0 Å². The van der Waals surface area contributed by atoms with Gasteiger partial charge in [0.05, 0.1) is 6.42 Å². The Morgan fingerprint density at radius 2 is 0.726 bits per heavy atom. The lowest BCUT2D eigenvalue weighted by Gasteiger charge is -2.18. The minimum Gasteiger partial charge on any atom is -0.462 e. The van der Waals surface area contributed by atoms with Gasteiger partial charge in [0.15, 0.2) is 6.10 Å². The summed E-state index contributed by atoms with van der Waals surface area (Å²) in [6.45, 7) is 6.04. The summed E-state index contributed by atoms with van der Waals surface area (Å²) in [5.41, 5.74) is 0. The zero-order chi connectivity index (χ0) is 45.1. The molecule has 0 N–H and O–H groups in total. The van der Waals surface area contributed by atoms with Gasteiger partial charge in [-0.3, -0.25) is 14.4 Å². The van der Waals surface area contributed by atoms with Crippen molar-refractivity contribution in [2.45, 2.75) is 149 Å². The molecule has 0 heterocycles. The third kappa shape index (κ3) is 45.8. The molecule has 0 fully saturated rings. The minimum absolute atomic E-state index is 0.109. The molecule has 62 heavy (non-hydrogen) atoms. The predicted octanol–water partition coefficient (Wildman–Crippen LogP) is 15.2.